The summed E-state index contributed by atoms with van der Waals surface area (Å²) in [6, 6.07) is 9.15. The molecule has 0 spiro atoms. The Hall–Kier alpha value is -2.35. The molecule has 2 unspecified atom stereocenters. The van der Waals surface area contributed by atoms with Gasteiger partial charge in [0.2, 0.25) is 5.91 Å². The summed E-state index contributed by atoms with van der Waals surface area (Å²) in [7, 11) is 0. The van der Waals surface area contributed by atoms with Crippen LogP contribution < -0.4 is 10.2 Å². The van der Waals surface area contributed by atoms with Gasteiger partial charge in [0.25, 0.3) is 0 Å². The number of fused-ring (bicyclic) bond motifs is 1. The second-order valence-electron chi connectivity index (χ2n) is 7.44. The molecule has 2 saturated heterocycles. The Bertz CT molecular complexity index is 837. The van der Waals surface area contributed by atoms with Crippen molar-refractivity contribution in [1.82, 2.24) is 10.2 Å². The topological polar surface area (TPSA) is 83.2 Å². The zero-order chi connectivity index (χ0) is 19.1. The maximum atomic E-state index is 13.5. The fraction of sp³-hybridized carbons (Fsp3) is 0.526. The molecule has 6 nitrogen and oxygen atoms in total. The van der Waals surface area contributed by atoms with Crippen LogP contribution in [0.1, 0.15) is 12.0 Å². The van der Waals surface area contributed by atoms with Crippen molar-refractivity contribution in [3.8, 4) is 12.1 Å². The predicted molar refractivity (Wildman–Crippen MR) is 97.8 cm³/mol. The number of anilines is 1. The van der Waals surface area contributed by atoms with E-state index >= 15 is 0 Å². The summed E-state index contributed by atoms with van der Waals surface area (Å²) >= 11 is 6.11. The SMILES string of the molecule is N#Cc1ccc(N2CC3C(C2)C3NCC(=O)N2C[C@@H](F)C[C@H]2C#N)cc1Cl. The number of nitriles is 2. The third-order valence-electron chi connectivity index (χ3n) is 5.84. The predicted octanol–water partition coefficient (Wildman–Crippen LogP) is 1.70. The van der Waals surface area contributed by atoms with Crippen molar-refractivity contribution in [1.29, 1.82) is 10.5 Å². The fourth-order valence-electron chi connectivity index (χ4n) is 4.32. The number of halogens is 2. The van der Waals surface area contributed by atoms with Gasteiger partial charge in [-0.05, 0) is 30.0 Å². The van der Waals surface area contributed by atoms with E-state index in [0.717, 1.165) is 18.8 Å². The molecule has 1 aliphatic carbocycles. The molecule has 4 atom stereocenters. The van der Waals surface area contributed by atoms with Gasteiger partial charge in [-0.15, -0.1) is 0 Å². The Kier molecular flexibility index (Phi) is 4.67. The zero-order valence-electron chi connectivity index (χ0n) is 14.6. The molecule has 2 aliphatic heterocycles. The van der Waals surface area contributed by atoms with Crippen molar-refractivity contribution in [2.45, 2.75) is 24.7 Å². The first-order valence-corrected chi connectivity index (χ1v) is 9.40. The second kappa shape index (κ2) is 6.99. The van der Waals surface area contributed by atoms with E-state index in [9.17, 15) is 9.18 Å². The van der Waals surface area contributed by atoms with Crippen LogP contribution in [-0.4, -0.2) is 55.2 Å². The molecule has 2 heterocycles. The van der Waals surface area contributed by atoms with E-state index in [0.29, 0.717) is 22.4 Å². The van der Waals surface area contributed by atoms with Crippen LogP contribution in [0.15, 0.2) is 18.2 Å². The highest BCUT2D eigenvalue weighted by molar-refractivity contribution is 6.32. The number of rotatable bonds is 4. The molecule has 0 bridgehead atoms. The van der Waals surface area contributed by atoms with Gasteiger partial charge < -0.3 is 15.1 Å². The van der Waals surface area contributed by atoms with Crippen LogP contribution in [0.3, 0.4) is 0 Å². The molecule has 3 fully saturated rings. The molecule has 1 aromatic rings. The van der Waals surface area contributed by atoms with Crippen molar-refractivity contribution >= 4 is 23.2 Å². The minimum absolute atomic E-state index is 0.0174. The molecular formula is C19H19ClFN5O. The summed E-state index contributed by atoms with van der Waals surface area (Å²) in [6.45, 7) is 1.90. The molecule has 8 heteroatoms. The Morgan fingerprint density at radius 2 is 2.04 bits per heavy atom. The van der Waals surface area contributed by atoms with Crippen LogP contribution in [0.2, 0.25) is 5.02 Å². The average Bonchev–Trinajstić information content (AvgIpc) is 3.00. The van der Waals surface area contributed by atoms with E-state index in [1.807, 2.05) is 18.2 Å². The van der Waals surface area contributed by atoms with Gasteiger partial charge in [-0.2, -0.15) is 10.5 Å². The van der Waals surface area contributed by atoms with Crippen LogP contribution >= 0.6 is 11.6 Å². The summed E-state index contributed by atoms with van der Waals surface area (Å²) in [6.07, 6.45) is -0.995. The molecule has 3 aliphatic rings. The van der Waals surface area contributed by atoms with Crippen molar-refractivity contribution < 1.29 is 9.18 Å². The van der Waals surface area contributed by atoms with E-state index in [1.165, 1.54) is 4.90 Å². The second-order valence-corrected chi connectivity index (χ2v) is 7.85. The van der Waals surface area contributed by atoms with Gasteiger partial charge in [0.05, 0.1) is 29.7 Å². The number of amides is 1. The Labute approximate surface area is 162 Å². The highest BCUT2D eigenvalue weighted by atomic mass is 35.5. The zero-order valence-corrected chi connectivity index (χ0v) is 15.4. The minimum Gasteiger partial charge on any atom is -0.371 e. The number of alkyl halides is 1. The summed E-state index contributed by atoms with van der Waals surface area (Å²) in [5.41, 5.74) is 1.47. The van der Waals surface area contributed by atoms with E-state index in [1.54, 1.807) is 6.07 Å². The van der Waals surface area contributed by atoms with E-state index in [-0.39, 0.29) is 31.5 Å². The number of hydrogen-bond donors (Lipinski definition) is 1. The molecule has 1 aromatic carbocycles. The summed E-state index contributed by atoms with van der Waals surface area (Å²) in [4.78, 5) is 15.9. The largest absolute Gasteiger partial charge is 0.371 e. The Morgan fingerprint density at radius 1 is 1.30 bits per heavy atom. The Balaban J connectivity index is 1.27. The molecule has 27 heavy (non-hydrogen) atoms. The number of nitrogens with one attached hydrogen (secondary N) is 1. The van der Waals surface area contributed by atoms with Crippen LogP contribution in [0.5, 0.6) is 0 Å². The maximum Gasteiger partial charge on any atom is 0.237 e. The summed E-state index contributed by atoms with van der Waals surface area (Å²) in [5.74, 6) is 0.723. The van der Waals surface area contributed by atoms with Crippen LogP contribution in [-0.2, 0) is 4.79 Å². The van der Waals surface area contributed by atoms with Gasteiger partial charge >= 0.3 is 0 Å². The molecule has 0 radical (unpaired) electrons. The van der Waals surface area contributed by atoms with Gasteiger partial charge in [0.1, 0.15) is 18.3 Å². The summed E-state index contributed by atoms with van der Waals surface area (Å²) in [5, 5.41) is 21.7. The van der Waals surface area contributed by atoms with Gasteiger partial charge in [-0.1, -0.05) is 11.6 Å². The lowest BCUT2D eigenvalue weighted by Crippen LogP contribution is -2.42. The fourth-order valence-corrected chi connectivity index (χ4v) is 4.54. The van der Waals surface area contributed by atoms with Crippen LogP contribution in [0.4, 0.5) is 10.1 Å². The molecule has 0 aromatic heterocycles. The molecule has 140 valence electrons. The smallest absolute Gasteiger partial charge is 0.237 e. The minimum atomic E-state index is -1.10. The number of benzene rings is 1. The normalized spacial score (nSPS) is 31.3. The van der Waals surface area contributed by atoms with E-state index in [4.69, 9.17) is 22.1 Å². The first kappa shape index (κ1) is 18.0. The highest BCUT2D eigenvalue weighted by Crippen LogP contribution is 2.47. The van der Waals surface area contributed by atoms with Crippen molar-refractivity contribution in [2.24, 2.45) is 11.8 Å². The monoisotopic (exact) mass is 387 g/mol. The third-order valence-corrected chi connectivity index (χ3v) is 6.15. The van der Waals surface area contributed by atoms with Crippen molar-refractivity contribution in [3.63, 3.8) is 0 Å². The number of carbonyl (C=O) groups is 1. The number of nitrogens with zero attached hydrogens (tertiary/aromatic N) is 4. The Morgan fingerprint density at radius 3 is 2.67 bits per heavy atom. The molecule has 4 rings (SSSR count). The lowest BCUT2D eigenvalue weighted by atomic mass is 10.2. The molecule has 1 saturated carbocycles. The standard InChI is InChI=1S/C19H19ClFN5O/c20-17-4-13(2-1-11(17)5-22)25-9-15-16(10-25)19(15)24-7-18(27)26-8-12(21)3-14(26)6-23/h1-2,4,12,14-16,19,24H,3,7-10H2/t12-,14-,15?,16?,19?/m0/s1. The van der Waals surface area contributed by atoms with E-state index in [2.05, 4.69) is 16.3 Å². The van der Waals surface area contributed by atoms with E-state index < -0.39 is 12.2 Å². The summed E-state index contributed by atoms with van der Waals surface area (Å²) < 4.78 is 13.5. The van der Waals surface area contributed by atoms with Gasteiger partial charge in [0.15, 0.2) is 0 Å². The van der Waals surface area contributed by atoms with Gasteiger partial charge in [0, 0.05) is 31.2 Å². The third kappa shape index (κ3) is 3.34. The highest BCUT2D eigenvalue weighted by Gasteiger charge is 2.55. The van der Waals surface area contributed by atoms with Crippen LogP contribution in [0.25, 0.3) is 0 Å². The number of piperidine rings is 1. The quantitative estimate of drug-likeness (QED) is 0.850. The average molecular weight is 388 g/mol. The lowest BCUT2D eigenvalue weighted by Gasteiger charge is -2.23. The number of likely N-dealkylation sites (tertiary alicyclic amines) is 1. The lowest BCUT2D eigenvalue weighted by molar-refractivity contribution is -0.130. The first-order chi connectivity index (χ1) is 13.0. The molecule has 1 N–H and O–H groups in total. The van der Waals surface area contributed by atoms with Crippen molar-refractivity contribution in [3.05, 3.63) is 28.8 Å². The molecule has 1 amide bonds. The van der Waals surface area contributed by atoms with Gasteiger partial charge in [-0.3, -0.25) is 4.79 Å². The first-order valence-electron chi connectivity index (χ1n) is 9.03. The van der Waals surface area contributed by atoms with Crippen molar-refractivity contribution in [2.75, 3.05) is 31.1 Å². The maximum absolute atomic E-state index is 13.5. The molecular weight excluding hydrogens is 369 g/mol. The number of hydrogen-bond acceptors (Lipinski definition) is 5. The van der Waals surface area contributed by atoms with Crippen LogP contribution in [0, 0.1) is 34.5 Å². The van der Waals surface area contributed by atoms with Gasteiger partial charge in [-0.25, -0.2) is 4.39 Å². The number of carbonyl (C=O) groups excluding carboxylic acids is 1.